The van der Waals surface area contributed by atoms with Crippen LogP contribution >= 0.6 is 0 Å². The van der Waals surface area contributed by atoms with Gasteiger partial charge in [-0.25, -0.2) is 0 Å². The smallest absolute Gasteiger partial charge is 0.548 e. The van der Waals surface area contributed by atoms with Crippen molar-refractivity contribution in [3.63, 3.8) is 0 Å². The maximum atomic E-state index is 11.9. The van der Waals surface area contributed by atoms with Crippen molar-refractivity contribution in [2.75, 3.05) is 13.1 Å². The summed E-state index contributed by atoms with van der Waals surface area (Å²) in [7, 11) is 0. The first-order valence-corrected chi connectivity index (χ1v) is 7.66. The minimum atomic E-state index is -1.37. The molecule has 0 fully saturated rings. The van der Waals surface area contributed by atoms with Gasteiger partial charge < -0.3 is 19.9 Å². The zero-order valence-corrected chi connectivity index (χ0v) is 16.9. The van der Waals surface area contributed by atoms with E-state index in [4.69, 9.17) is 5.11 Å². The quantitative estimate of drug-likeness (QED) is 0.315. The van der Waals surface area contributed by atoms with Crippen LogP contribution in [0.3, 0.4) is 0 Å². The minimum absolute atomic E-state index is 0. The number of hydrogen-bond acceptors (Lipinski definition) is 4. The van der Waals surface area contributed by atoms with Crippen LogP contribution < -0.4 is 56.5 Å². The Labute approximate surface area is 175 Å². The third-order valence-corrected chi connectivity index (χ3v) is 3.26. The van der Waals surface area contributed by atoms with Crippen LogP contribution in [0.4, 0.5) is 0 Å². The minimum Gasteiger partial charge on any atom is -0.548 e. The SMILES string of the molecule is CCCCCCCCCC(=O)N(CCC(=O)O)CC(=O)[O-].[K+]. The molecule has 0 aromatic carbocycles. The number of carboxylic acids is 2. The van der Waals surface area contributed by atoms with E-state index in [1.54, 1.807) is 0 Å². The molecule has 0 aliphatic heterocycles. The molecule has 7 heteroatoms. The summed E-state index contributed by atoms with van der Waals surface area (Å²) in [5.41, 5.74) is 0. The van der Waals surface area contributed by atoms with Gasteiger partial charge in [0.25, 0.3) is 0 Å². The fourth-order valence-electron chi connectivity index (χ4n) is 2.07. The Morgan fingerprint density at radius 3 is 2.00 bits per heavy atom. The Hall–Kier alpha value is 0.0464. The number of carbonyl (C=O) groups excluding carboxylic acids is 2. The van der Waals surface area contributed by atoms with Crippen LogP contribution in [0, 0.1) is 0 Å². The summed E-state index contributed by atoms with van der Waals surface area (Å²) in [6.45, 7) is 1.53. The maximum Gasteiger partial charge on any atom is 1.00 e. The van der Waals surface area contributed by atoms with Crippen LogP contribution in [0.25, 0.3) is 0 Å². The molecule has 0 aromatic rings. The monoisotopic (exact) mass is 339 g/mol. The largest absolute Gasteiger partial charge is 1.00 e. The van der Waals surface area contributed by atoms with Crippen molar-refractivity contribution in [1.29, 1.82) is 0 Å². The van der Waals surface area contributed by atoms with E-state index in [2.05, 4.69) is 6.92 Å². The van der Waals surface area contributed by atoms with Gasteiger partial charge in [0.05, 0.1) is 18.9 Å². The number of aliphatic carboxylic acids is 2. The van der Waals surface area contributed by atoms with Crippen LogP contribution in [-0.2, 0) is 14.4 Å². The second-order valence-electron chi connectivity index (χ2n) is 5.20. The summed E-state index contributed by atoms with van der Waals surface area (Å²) < 4.78 is 0. The molecule has 22 heavy (non-hydrogen) atoms. The molecule has 0 rings (SSSR count). The van der Waals surface area contributed by atoms with Gasteiger partial charge in [0.2, 0.25) is 5.91 Å². The van der Waals surface area contributed by atoms with Crippen molar-refractivity contribution < 1.29 is 76.0 Å². The second-order valence-corrected chi connectivity index (χ2v) is 5.20. The summed E-state index contributed by atoms with van der Waals surface area (Å²) in [6.07, 6.45) is 7.52. The summed E-state index contributed by atoms with van der Waals surface area (Å²) >= 11 is 0. The fraction of sp³-hybridized carbons (Fsp3) is 0.800. The third kappa shape index (κ3) is 15.0. The number of amides is 1. The van der Waals surface area contributed by atoms with E-state index in [0.29, 0.717) is 6.42 Å². The van der Waals surface area contributed by atoms with E-state index in [0.717, 1.165) is 24.2 Å². The van der Waals surface area contributed by atoms with Gasteiger partial charge in [0.15, 0.2) is 0 Å². The Morgan fingerprint density at radius 2 is 1.50 bits per heavy atom. The van der Waals surface area contributed by atoms with Gasteiger partial charge in [-0.2, -0.15) is 0 Å². The molecule has 0 aliphatic carbocycles. The molecule has 0 saturated heterocycles. The van der Waals surface area contributed by atoms with Crippen molar-refractivity contribution in [2.24, 2.45) is 0 Å². The average molecular weight is 339 g/mol. The Bertz CT molecular complexity index is 336. The number of rotatable bonds is 13. The molecule has 122 valence electrons. The Balaban J connectivity index is 0. The predicted molar refractivity (Wildman–Crippen MR) is 76.4 cm³/mol. The first-order valence-electron chi connectivity index (χ1n) is 7.66. The predicted octanol–water partition coefficient (Wildman–Crippen LogP) is -1.82. The molecular formula is C15H26KNO5. The van der Waals surface area contributed by atoms with E-state index in [1.165, 1.54) is 19.3 Å². The molecule has 1 N–H and O–H groups in total. The molecule has 0 unspecified atom stereocenters. The third-order valence-electron chi connectivity index (χ3n) is 3.26. The van der Waals surface area contributed by atoms with Gasteiger partial charge in [-0.3, -0.25) is 9.59 Å². The van der Waals surface area contributed by atoms with Crippen LogP contribution in [-0.4, -0.2) is 40.9 Å². The van der Waals surface area contributed by atoms with Crippen molar-refractivity contribution in [2.45, 2.75) is 64.7 Å². The molecule has 6 nitrogen and oxygen atoms in total. The average Bonchev–Trinajstić information content (AvgIpc) is 2.41. The van der Waals surface area contributed by atoms with Gasteiger partial charge in [-0.15, -0.1) is 0 Å². The normalized spacial score (nSPS) is 9.86. The molecule has 0 atom stereocenters. The molecule has 0 radical (unpaired) electrons. The van der Waals surface area contributed by atoms with Gasteiger partial charge in [0.1, 0.15) is 0 Å². The number of hydrogen-bond donors (Lipinski definition) is 1. The Morgan fingerprint density at radius 1 is 0.955 bits per heavy atom. The van der Waals surface area contributed by atoms with Crippen molar-refractivity contribution in [3.8, 4) is 0 Å². The van der Waals surface area contributed by atoms with Crippen molar-refractivity contribution >= 4 is 17.8 Å². The van der Waals surface area contributed by atoms with Crippen LogP contribution in [0.1, 0.15) is 64.7 Å². The standard InChI is InChI=1S/C15H27NO5.K/c1-2-3-4-5-6-7-8-9-13(17)16(12-15(20)21)11-10-14(18)19;/h2-12H2,1H3,(H,18,19)(H,20,21);/q;+1/p-1. The van der Waals surface area contributed by atoms with Crippen molar-refractivity contribution in [1.82, 2.24) is 4.90 Å². The number of unbranched alkanes of at least 4 members (excludes halogenated alkanes) is 6. The van der Waals surface area contributed by atoms with E-state index in [-0.39, 0.29) is 76.7 Å². The number of carboxylic acid groups (broad SMARTS) is 2. The molecule has 0 heterocycles. The van der Waals surface area contributed by atoms with E-state index in [9.17, 15) is 19.5 Å². The van der Waals surface area contributed by atoms with Crippen LogP contribution in [0.5, 0.6) is 0 Å². The molecule has 1 amide bonds. The van der Waals surface area contributed by atoms with Crippen molar-refractivity contribution in [3.05, 3.63) is 0 Å². The first kappa shape index (κ1) is 24.3. The van der Waals surface area contributed by atoms with Gasteiger partial charge in [-0.1, -0.05) is 45.4 Å². The maximum absolute atomic E-state index is 11.9. The van der Waals surface area contributed by atoms with Gasteiger partial charge in [0, 0.05) is 13.0 Å². The molecule has 0 spiro atoms. The Kier molecular flexibility index (Phi) is 17.6. The van der Waals surface area contributed by atoms with Crippen LogP contribution in [0.15, 0.2) is 0 Å². The summed E-state index contributed by atoms with van der Waals surface area (Å²) in [5, 5.41) is 19.2. The molecule has 0 saturated carbocycles. The summed E-state index contributed by atoms with van der Waals surface area (Å²) in [6, 6.07) is 0. The van der Waals surface area contributed by atoms with Crippen LogP contribution in [0.2, 0.25) is 0 Å². The first-order chi connectivity index (χ1) is 9.97. The zero-order valence-electron chi connectivity index (χ0n) is 13.8. The zero-order chi connectivity index (χ0) is 16.1. The number of carbonyl (C=O) groups is 3. The summed E-state index contributed by atoms with van der Waals surface area (Å²) in [4.78, 5) is 34.0. The van der Waals surface area contributed by atoms with Gasteiger partial charge >= 0.3 is 57.4 Å². The molecule has 0 aromatic heterocycles. The molecule has 0 aliphatic rings. The molecular weight excluding hydrogens is 313 g/mol. The van der Waals surface area contributed by atoms with Gasteiger partial charge in [-0.05, 0) is 6.42 Å². The topological polar surface area (TPSA) is 97.7 Å². The van der Waals surface area contributed by atoms with E-state index < -0.39 is 18.5 Å². The second kappa shape index (κ2) is 15.9. The molecule has 0 bridgehead atoms. The number of nitrogens with zero attached hydrogens (tertiary/aromatic N) is 1. The van der Waals surface area contributed by atoms with E-state index >= 15 is 0 Å². The fourth-order valence-corrected chi connectivity index (χ4v) is 2.07. The van der Waals surface area contributed by atoms with E-state index in [1.807, 2.05) is 0 Å². The summed E-state index contributed by atoms with van der Waals surface area (Å²) in [5.74, 6) is -2.73.